The van der Waals surface area contributed by atoms with Gasteiger partial charge in [-0.3, -0.25) is 9.78 Å². The lowest BCUT2D eigenvalue weighted by atomic mass is 10.1. The Bertz CT molecular complexity index is 1160. The van der Waals surface area contributed by atoms with Gasteiger partial charge < -0.3 is 15.0 Å². The van der Waals surface area contributed by atoms with Crippen LogP contribution in [-0.2, 0) is 13.0 Å². The first kappa shape index (κ1) is 19.8. The van der Waals surface area contributed by atoms with E-state index in [9.17, 15) is 4.79 Å². The van der Waals surface area contributed by atoms with Gasteiger partial charge in [0.1, 0.15) is 10.8 Å². The predicted molar refractivity (Wildman–Crippen MR) is 119 cm³/mol. The first-order valence-electron chi connectivity index (χ1n) is 9.56. The van der Waals surface area contributed by atoms with Gasteiger partial charge >= 0.3 is 0 Å². The van der Waals surface area contributed by atoms with Gasteiger partial charge in [0.2, 0.25) is 0 Å². The minimum Gasteiger partial charge on any atom is -0.497 e. The molecule has 3 heterocycles. The minimum absolute atomic E-state index is 0.431. The van der Waals surface area contributed by atoms with Crippen molar-refractivity contribution in [3.8, 4) is 27.7 Å². The zero-order valence-corrected chi connectivity index (χ0v) is 17.6. The fourth-order valence-corrected chi connectivity index (χ4v) is 4.25. The SMILES string of the molecule is COc1ccc(CCn2c(-c3csc(-c4cccnc4)n3)cc(C(N)=O)c2C)cc1. The quantitative estimate of drug-likeness (QED) is 0.484. The number of pyridine rings is 1. The van der Waals surface area contributed by atoms with E-state index in [4.69, 9.17) is 15.5 Å². The maximum Gasteiger partial charge on any atom is 0.250 e. The van der Waals surface area contributed by atoms with Gasteiger partial charge in [0, 0.05) is 35.6 Å². The number of aromatic nitrogens is 3. The summed E-state index contributed by atoms with van der Waals surface area (Å²) in [6.45, 7) is 2.63. The molecule has 1 amide bonds. The van der Waals surface area contributed by atoms with Crippen LogP contribution in [0.1, 0.15) is 21.6 Å². The molecule has 1 aromatic carbocycles. The molecule has 6 nitrogen and oxygen atoms in total. The number of aryl methyl sites for hydroxylation is 1. The fraction of sp³-hybridized carbons (Fsp3) is 0.174. The summed E-state index contributed by atoms with van der Waals surface area (Å²) in [5.41, 5.74) is 10.9. The van der Waals surface area contributed by atoms with Gasteiger partial charge in [-0.15, -0.1) is 11.3 Å². The second kappa shape index (κ2) is 8.51. The highest BCUT2D eigenvalue weighted by molar-refractivity contribution is 7.13. The number of ether oxygens (including phenoxy) is 1. The normalized spacial score (nSPS) is 10.9. The Morgan fingerprint density at radius 1 is 1.23 bits per heavy atom. The molecule has 30 heavy (non-hydrogen) atoms. The number of benzene rings is 1. The van der Waals surface area contributed by atoms with Crippen LogP contribution in [0.15, 0.2) is 60.2 Å². The number of methoxy groups -OCH3 is 1. The number of nitrogens with zero attached hydrogens (tertiary/aromatic N) is 3. The number of hydrogen-bond acceptors (Lipinski definition) is 5. The lowest BCUT2D eigenvalue weighted by molar-refractivity contribution is 0.0999. The van der Waals surface area contributed by atoms with Crippen molar-refractivity contribution in [2.45, 2.75) is 19.9 Å². The van der Waals surface area contributed by atoms with Crippen LogP contribution in [0.2, 0.25) is 0 Å². The van der Waals surface area contributed by atoms with E-state index in [1.807, 2.05) is 42.6 Å². The average Bonchev–Trinajstić information content (AvgIpc) is 3.38. The summed E-state index contributed by atoms with van der Waals surface area (Å²) in [7, 11) is 1.66. The summed E-state index contributed by atoms with van der Waals surface area (Å²) in [5.74, 6) is 0.401. The molecule has 152 valence electrons. The Morgan fingerprint density at radius 3 is 2.70 bits per heavy atom. The second-order valence-corrected chi connectivity index (χ2v) is 7.78. The molecular formula is C23H22N4O2S. The van der Waals surface area contributed by atoms with Gasteiger partial charge in [-0.2, -0.15) is 0 Å². The monoisotopic (exact) mass is 418 g/mol. The van der Waals surface area contributed by atoms with Crippen LogP contribution < -0.4 is 10.5 Å². The third-order valence-electron chi connectivity index (χ3n) is 5.09. The number of primary amides is 1. The summed E-state index contributed by atoms with van der Waals surface area (Å²) >= 11 is 1.55. The topological polar surface area (TPSA) is 83.0 Å². The largest absolute Gasteiger partial charge is 0.497 e. The number of carbonyl (C=O) groups is 1. The smallest absolute Gasteiger partial charge is 0.250 e. The first-order valence-corrected chi connectivity index (χ1v) is 10.4. The second-order valence-electron chi connectivity index (χ2n) is 6.92. The summed E-state index contributed by atoms with van der Waals surface area (Å²) in [6.07, 6.45) is 4.35. The van der Waals surface area contributed by atoms with Gasteiger partial charge in [-0.05, 0) is 49.2 Å². The number of hydrogen-bond donors (Lipinski definition) is 1. The van der Waals surface area contributed by atoms with E-state index >= 15 is 0 Å². The van der Waals surface area contributed by atoms with Crippen molar-refractivity contribution in [2.75, 3.05) is 7.11 Å². The third kappa shape index (κ3) is 3.97. The zero-order chi connectivity index (χ0) is 21.1. The van der Waals surface area contributed by atoms with E-state index in [1.54, 1.807) is 30.8 Å². The molecule has 7 heteroatoms. The van der Waals surface area contributed by atoms with Crippen LogP contribution in [-0.4, -0.2) is 27.6 Å². The molecule has 0 saturated carbocycles. The van der Waals surface area contributed by atoms with E-state index < -0.39 is 5.91 Å². The summed E-state index contributed by atoms with van der Waals surface area (Å²) in [6, 6.07) is 13.7. The summed E-state index contributed by atoms with van der Waals surface area (Å²) < 4.78 is 7.35. The molecule has 0 radical (unpaired) electrons. The number of thiazole rings is 1. The van der Waals surface area contributed by atoms with Crippen molar-refractivity contribution in [3.63, 3.8) is 0 Å². The highest BCUT2D eigenvalue weighted by atomic mass is 32.1. The Labute approximate surface area is 179 Å². The van der Waals surface area contributed by atoms with Crippen molar-refractivity contribution >= 4 is 17.2 Å². The molecule has 0 bridgehead atoms. The highest BCUT2D eigenvalue weighted by Crippen LogP contribution is 2.31. The van der Waals surface area contributed by atoms with Gasteiger partial charge in [0.05, 0.1) is 24.1 Å². The Hall–Kier alpha value is -3.45. The van der Waals surface area contributed by atoms with Crippen LogP contribution in [0.25, 0.3) is 22.0 Å². The molecule has 0 fully saturated rings. The molecule has 3 aromatic heterocycles. The molecule has 0 unspecified atom stereocenters. The van der Waals surface area contributed by atoms with E-state index in [-0.39, 0.29) is 0 Å². The number of nitrogens with two attached hydrogens (primary N) is 1. The maximum absolute atomic E-state index is 12.0. The molecule has 4 rings (SSSR count). The van der Waals surface area contributed by atoms with E-state index in [0.717, 1.165) is 39.8 Å². The van der Waals surface area contributed by atoms with Crippen LogP contribution in [0.4, 0.5) is 0 Å². The van der Waals surface area contributed by atoms with E-state index in [0.29, 0.717) is 12.1 Å². The molecule has 0 saturated heterocycles. The highest BCUT2D eigenvalue weighted by Gasteiger charge is 2.19. The third-order valence-corrected chi connectivity index (χ3v) is 5.98. The molecule has 0 atom stereocenters. The fourth-order valence-electron chi connectivity index (χ4n) is 3.44. The van der Waals surface area contributed by atoms with Crippen molar-refractivity contribution in [2.24, 2.45) is 5.73 Å². The Kier molecular flexibility index (Phi) is 5.63. The predicted octanol–water partition coefficient (Wildman–Crippen LogP) is 4.33. The molecule has 2 N–H and O–H groups in total. The van der Waals surface area contributed by atoms with Gasteiger partial charge in [0.15, 0.2) is 0 Å². The standard InChI is InChI=1S/C23H22N4O2S/c1-15-19(22(24)28)12-21(20-14-30-23(26-20)17-4-3-10-25-13-17)27(15)11-9-16-5-7-18(29-2)8-6-16/h3-8,10,12-14H,9,11H2,1-2H3,(H2,24,28). The van der Waals surface area contributed by atoms with E-state index in [1.165, 1.54) is 5.56 Å². The molecule has 4 aromatic rings. The number of amides is 1. The average molecular weight is 419 g/mol. The lowest BCUT2D eigenvalue weighted by Gasteiger charge is -2.11. The Morgan fingerprint density at radius 2 is 2.03 bits per heavy atom. The van der Waals surface area contributed by atoms with E-state index in [2.05, 4.69) is 21.7 Å². The van der Waals surface area contributed by atoms with Gasteiger partial charge in [0.25, 0.3) is 5.91 Å². The van der Waals surface area contributed by atoms with Crippen molar-refractivity contribution in [1.29, 1.82) is 0 Å². The van der Waals surface area contributed by atoms with Crippen LogP contribution in [0.3, 0.4) is 0 Å². The Balaban J connectivity index is 1.66. The summed E-state index contributed by atoms with van der Waals surface area (Å²) in [4.78, 5) is 20.9. The number of rotatable bonds is 7. The van der Waals surface area contributed by atoms with Crippen LogP contribution in [0.5, 0.6) is 5.75 Å². The molecule has 0 aliphatic carbocycles. The van der Waals surface area contributed by atoms with Crippen molar-refractivity contribution in [3.05, 3.63) is 77.1 Å². The molecule has 0 aliphatic heterocycles. The number of carbonyl (C=O) groups excluding carboxylic acids is 1. The molecule has 0 aliphatic rings. The van der Waals surface area contributed by atoms with Crippen molar-refractivity contribution in [1.82, 2.24) is 14.5 Å². The van der Waals surface area contributed by atoms with Crippen LogP contribution >= 0.6 is 11.3 Å². The van der Waals surface area contributed by atoms with Crippen LogP contribution in [0, 0.1) is 6.92 Å². The molecular weight excluding hydrogens is 396 g/mol. The first-order chi connectivity index (χ1) is 14.6. The maximum atomic E-state index is 12.0. The zero-order valence-electron chi connectivity index (χ0n) is 16.8. The lowest BCUT2D eigenvalue weighted by Crippen LogP contribution is -2.13. The van der Waals surface area contributed by atoms with Gasteiger partial charge in [-0.25, -0.2) is 4.98 Å². The van der Waals surface area contributed by atoms with Gasteiger partial charge in [-0.1, -0.05) is 12.1 Å². The summed E-state index contributed by atoms with van der Waals surface area (Å²) in [5, 5.41) is 2.89. The minimum atomic E-state index is -0.431. The van der Waals surface area contributed by atoms with Crippen molar-refractivity contribution < 1.29 is 9.53 Å². The molecule has 0 spiro atoms.